The lowest BCUT2D eigenvalue weighted by molar-refractivity contribution is -0.380. The Hall–Kier alpha value is -1.91. The van der Waals surface area contributed by atoms with Crippen molar-refractivity contribution >= 4 is 5.97 Å². The van der Waals surface area contributed by atoms with Gasteiger partial charge in [0.1, 0.15) is 0 Å². The molecule has 6 heteroatoms. The standard InChI is InChI=1S/C53H78O6/c1-8-11-36-13-10-22-50-28-29-51-41(12-9-2)53(57,59-43(51)31-38-16-14-37(15-17-38)21-30-58-7)33-40-19-18-39(48(50,6)52(40,51)35-54)32-49(23-20-36)42-34-46(4,44(55)56)25-24-45(42,3)26-27-47(49,50)5/h14-17,36,39-43,54,57H,8-9,11-13,18-21,23-35H2,1-7H3,(H,55,56). The van der Waals surface area contributed by atoms with Crippen LogP contribution in [0.4, 0.5) is 0 Å². The van der Waals surface area contributed by atoms with Gasteiger partial charge in [-0.2, -0.15) is 0 Å². The summed E-state index contributed by atoms with van der Waals surface area (Å²) in [4.78, 5) is 13.2. The van der Waals surface area contributed by atoms with Crippen molar-refractivity contribution in [2.24, 2.45) is 72.9 Å². The van der Waals surface area contributed by atoms with Gasteiger partial charge in [0.15, 0.2) is 5.79 Å². The molecule has 7 aliphatic carbocycles. The SMILES string of the molecule is CCCC1CC#CC23CCC45C(Cc6ccc(CCOC)cc6)OC(O)(CC6CCC(CC7(CC1)C1CC(C)(C(=O)O)CCC1(C)CCC72C)C3(C)C64CO)C5CCC. The van der Waals surface area contributed by atoms with Crippen LogP contribution in [0.3, 0.4) is 0 Å². The minimum Gasteiger partial charge on any atom is -0.481 e. The van der Waals surface area contributed by atoms with Crippen LogP contribution in [-0.2, 0) is 27.1 Å². The summed E-state index contributed by atoms with van der Waals surface area (Å²) in [5, 5.41) is 36.7. The van der Waals surface area contributed by atoms with Crippen molar-refractivity contribution in [3.63, 3.8) is 0 Å². The average molecular weight is 811 g/mol. The minimum atomic E-state index is -1.20. The van der Waals surface area contributed by atoms with Crippen LogP contribution in [0.5, 0.6) is 0 Å². The first kappa shape index (κ1) is 42.4. The summed E-state index contributed by atoms with van der Waals surface area (Å²) in [5.41, 5.74) is 0.187. The maximum atomic E-state index is 13.2. The first-order valence-electron chi connectivity index (χ1n) is 24.4. The van der Waals surface area contributed by atoms with Gasteiger partial charge in [-0.1, -0.05) is 77.6 Å². The molecule has 4 bridgehead atoms. The monoisotopic (exact) mass is 811 g/mol. The maximum absolute atomic E-state index is 13.2. The second-order valence-corrected chi connectivity index (χ2v) is 23.2. The predicted molar refractivity (Wildman–Crippen MR) is 232 cm³/mol. The number of carbonyl (C=O) groups is 1. The molecule has 1 aromatic carbocycles. The highest BCUT2D eigenvalue weighted by Gasteiger charge is 2.89. The summed E-state index contributed by atoms with van der Waals surface area (Å²) in [5.74, 6) is 7.95. The molecule has 7 fully saturated rings. The molecule has 8 aliphatic rings. The molecule has 9 rings (SSSR count). The molecule has 1 aliphatic heterocycles. The summed E-state index contributed by atoms with van der Waals surface area (Å²) in [6.45, 7) is 15.3. The molecule has 2 spiro atoms. The molecule has 326 valence electrons. The molecule has 15 atom stereocenters. The van der Waals surface area contributed by atoms with Crippen LogP contribution in [0.25, 0.3) is 0 Å². The van der Waals surface area contributed by atoms with Gasteiger partial charge in [-0.15, -0.1) is 5.92 Å². The molecule has 6 saturated carbocycles. The fourth-order valence-corrected chi connectivity index (χ4v) is 18.8. The van der Waals surface area contributed by atoms with Gasteiger partial charge in [0, 0.05) is 42.1 Å². The lowest BCUT2D eigenvalue weighted by Gasteiger charge is -2.85. The van der Waals surface area contributed by atoms with Crippen LogP contribution in [0.2, 0.25) is 0 Å². The zero-order valence-electron chi connectivity index (χ0n) is 37.9. The molecular formula is C53H78O6. The topological polar surface area (TPSA) is 96.2 Å². The number of aliphatic hydroxyl groups excluding tert-OH is 1. The lowest BCUT2D eigenvalue weighted by Crippen LogP contribution is -2.82. The van der Waals surface area contributed by atoms with E-state index >= 15 is 0 Å². The number of ether oxygens (including phenoxy) is 2. The van der Waals surface area contributed by atoms with Crippen LogP contribution in [0.15, 0.2) is 24.3 Å². The number of methoxy groups -OCH3 is 1. The van der Waals surface area contributed by atoms with Crippen molar-refractivity contribution in [3.05, 3.63) is 35.4 Å². The van der Waals surface area contributed by atoms with Crippen molar-refractivity contribution in [1.82, 2.24) is 0 Å². The molecule has 1 saturated heterocycles. The fraction of sp³-hybridized carbons (Fsp3) is 0.830. The van der Waals surface area contributed by atoms with E-state index in [0.717, 1.165) is 109 Å². The van der Waals surface area contributed by atoms with Crippen molar-refractivity contribution in [2.45, 2.75) is 182 Å². The van der Waals surface area contributed by atoms with Crippen LogP contribution in [0.1, 0.15) is 168 Å². The van der Waals surface area contributed by atoms with Crippen LogP contribution in [-0.4, -0.2) is 53.5 Å². The Morgan fingerprint density at radius 2 is 1.58 bits per heavy atom. The second-order valence-electron chi connectivity index (χ2n) is 23.2. The maximum Gasteiger partial charge on any atom is 0.309 e. The summed E-state index contributed by atoms with van der Waals surface area (Å²) in [6.07, 6.45) is 19.3. The van der Waals surface area contributed by atoms with Crippen molar-refractivity contribution in [2.75, 3.05) is 20.3 Å². The van der Waals surface area contributed by atoms with E-state index in [4.69, 9.17) is 9.47 Å². The Labute approximate surface area is 356 Å². The molecule has 0 aromatic heterocycles. The predicted octanol–water partition coefficient (Wildman–Crippen LogP) is 10.8. The smallest absolute Gasteiger partial charge is 0.309 e. The molecule has 15 unspecified atom stereocenters. The van der Waals surface area contributed by atoms with Crippen LogP contribution >= 0.6 is 0 Å². The van der Waals surface area contributed by atoms with E-state index < -0.39 is 28.0 Å². The van der Waals surface area contributed by atoms with Gasteiger partial charge in [0.2, 0.25) is 0 Å². The molecule has 3 N–H and O–H groups in total. The zero-order chi connectivity index (χ0) is 41.9. The highest BCUT2D eigenvalue weighted by atomic mass is 16.6. The normalized spacial score (nSPS) is 50.5. The Bertz CT molecular complexity index is 1850. The zero-order valence-corrected chi connectivity index (χ0v) is 37.9. The Morgan fingerprint density at radius 3 is 2.27 bits per heavy atom. The highest BCUT2D eigenvalue weighted by molar-refractivity contribution is 5.74. The number of fused-ring (bicyclic) bond motifs is 2. The van der Waals surface area contributed by atoms with Gasteiger partial charge in [-0.25, -0.2) is 0 Å². The molecule has 0 radical (unpaired) electrons. The van der Waals surface area contributed by atoms with Crippen LogP contribution in [0, 0.1) is 84.8 Å². The molecule has 6 nitrogen and oxygen atoms in total. The largest absolute Gasteiger partial charge is 0.481 e. The number of rotatable bonds is 11. The van der Waals surface area contributed by atoms with Crippen molar-refractivity contribution < 1.29 is 29.6 Å². The molecule has 1 aromatic rings. The summed E-state index contributed by atoms with van der Waals surface area (Å²) in [7, 11) is 1.76. The van der Waals surface area contributed by atoms with Crippen molar-refractivity contribution in [1.29, 1.82) is 0 Å². The number of hydrogen-bond acceptors (Lipinski definition) is 5. The van der Waals surface area contributed by atoms with E-state index in [2.05, 4.69) is 77.6 Å². The third-order valence-corrected chi connectivity index (χ3v) is 21.6. The van der Waals surface area contributed by atoms with E-state index in [1.165, 1.54) is 24.0 Å². The van der Waals surface area contributed by atoms with E-state index in [9.17, 15) is 20.1 Å². The first-order valence-corrected chi connectivity index (χ1v) is 24.4. The van der Waals surface area contributed by atoms with E-state index in [-0.39, 0.29) is 51.6 Å². The van der Waals surface area contributed by atoms with Crippen LogP contribution < -0.4 is 0 Å². The van der Waals surface area contributed by atoms with Gasteiger partial charge in [-0.05, 0) is 166 Å². The minimum absolute atomic E-state index is 0.0331. The third kappa shape index (κ3) is 5.23. The highest BCUT2D eigenvalue weighted by Crippen LogP contribution is 2.91. The van der Waals surface area contributed by atoms with Gasteiger partial charge < -0.3 is 24.8 Å². The van der Waals surface area contributed by atoms with Gasteiger partial charge in [0.25, 0.3) is 0 Å². The lowest BCUT2D eigenvalue weighted by atomic mass is 9.18. The molecule has 0 amide bonds. The van der Waals surface area contributed by atoms with E-state index in [0.29, 0.717) is 30.8 Å². The first-order chi connectivity index (χ1) is 28.1. The fourth-order valence-electron chi connectivity index (χ4n) is 18.8. The number of hydrogen-bond donors (Lipinski definition) is 3. The molecular weight excluding hydrogens is 733 g/mol. The quantitative estimate of drug-likeness (QED) is 0.193. The summed E-state index contributed by atoms with van der Waals surface area (Å²) in [6, 6.07) is 9.01. The number of carboxylic acids is 1. The Balaban J connectivity index is 1.26. The van der Waals surface area contributed by atoms with Gasteiger partial charge in [-0.3, -0.25) is 4.79 Å². The van der Waals surface area contributed by atoms with Gasteiger partial charge >= 0.3 is 5.97 Å². The summed E-state index contributed by atoms with van der Waals surface area (Å²) >= 11 is 0. The number of benzene rings is 1. The summed E-state index contributed by atoms with van der Waals surface area (Å²) < 4.78 is 12.7. The van der Waals surface area contributed by atoms with Gasteiger partial charge in [0.05, 0.1) is 24.7 Å². The Morgan fingerprint density at radius 1 is 0.864 bits per heavy atom. The third-order valence-electron chi connectivity index (χ3n) is 21.6. The van der Waals surface area contributed by atoms with Crippen molar-refractivity contribution in [3.8, 4) is 11.8 Å². The Kier molecular flexibility index (Phi) is 10.3. The molecule has 59 heavy (non-hydrogen) atoms. The number of aliphatic hydroxyl groups is 2. The van der Waals surface area contributed by atoms with E-state index in [1.54, 1.807) is 7.11 Å². The number of aliphatic carboxylic acids is 1. The molecule has 1 heterocycles. The number of carboxylic acid groups (broad SMARTS) is 1. The average Bonchev–Trinajstić information content (AvgIpc) is 3.38. The van der Waals surface area contributed by atoms with E-state index in [1.807, 2.05) is 0 Å². The second kappa shape index (κ2) is 14.3.